The van der Waals surface area contributed by atoms with Crippen LogP contribution in [0, 0.1) is 12.4 Å². The Balaban J connectivity index is 3.07. The van der Waals surface area contributed by atoms with E-state index < -0.39 is 17.6 Å². The average molecular weight is 207 g/mol. The van der Waals surface area contributed by atoms with Gasteiger partial charge in [-0.05, 0) is 23.8 Å². The van der Waals surface area contributed by atoms with Crippen molar-refractivity contribution in [2.24, 2.45) is 0 Å². The third kappa shape index (κ3) is 2.70. The van der Waals surface area contributed by atoms with Gasteiger partial charge in [-0.15, -0.1) is 0 Å². The molecule has 0 heterocycles. The molecule has 1 radical (unpaired) electrons. The summed E-state index contributed by atoms with van der Waals surface area (Å²) in [5, 5.41) is 0. The highest BCUT2D eigenvalue weighted by Gasteiger charge is 2.31. The van der Waals surface area contributed by atoms with Crippen molar-refractivity contribution in [2.75, 3.05) is 7.11 Å². The number of hydrogen-bond acceptors (Lipinski definition) is 1. The van der Waals surface area contributed by atoms with E-state index in [1.165, 1.54) is 7.11 Å². The van der Waals surface area contributed by atoms with E-state index in [0.29, 0.717) is 6.07 Å². The van der Waals surface area contributed by atoms with E-state index in [4.69, 9.17) is 0 Å². The van der Waals surface area contributed by atoms with Crippen LogP contribution in [0.1, 0.15) is 11.1 Å². The summed E-state index contributed by atoms with van der Waals surface area (Å²) >= 11 is 0. The fraction of sp³-hybridized carbons (Fsp3) is 0.222. The highest BCUT2D eigenvalue weighted by atomic mass is 19.4. The Morgan fingerprint density at radius 1 is 1.21 bits per heavy atom. The van der Waals surface area contributed by atoms with Gasteiger partial charge in [-0.1, -0.05) is 0 Å². The van der Waals surface area contributed by atoms with Crippen molar-refractivity contribution in [3.05, 3.63) is 41.8 Å². The van der Waals surface area contributed by atoms with Gasteiger partial charge in [0.15, 0.2) is 0 Å². The number of alkyl halides is 3. The normalized spacial score (nSPS) is 11.8. The van der Waals surface area contributed by atoms with Crippen molar-refractivity contribution < 1.29 is 22.3 Å². The molecule has 1 aromatic carbocycles. The van der Waals surface area contributed by atoms with Crippen LogP contribution in [0.2, 0.25) is 0 Å². The summed E-state index contributed by atoms with van der Waals surface area (Å²) in [6, 6.07) is 2.21. The van der Waals surface area contributed by atoms with Gasteiger partial charge in [0.05, 0.1) is 5.56 Å². The zero-order valence-electron chi connectivity index (χ0n) is 7.23. The van der Waals surface area contributed by atoms with Crippen LogP contribution in [0.15, 0.2) is 18.2 Å². The van der Waals surface area contributed by atoms with Crippen LogP contribution in [-0.2, 0) is 10.9 Å². The summed E-state index contributed by atoms with van der Waals surface area (Å²) in [5.41, 5.74) is -0.986. The van der Waals surface area contributed by atoms with E-state index in [2.05, 4.69) is 4.74 Å². The summed E-state index contributed by atoms with van der Waals surface area (Å²) in [4.78, 5) is 0. The van der Waals surface area contributed by atoms with Crippen molar-refractivity contribution in [1.82, 2.24) is 0 Å². The molecule has 1 rings (SSSR count). The number of halogens is 4. The molecule has 0 N–H and O–H groups in total. The summed E-state index contributed by atoms with van der Waals surface area (Å²) in [7, 11) is 1.28. The first-order valence-corrected chi connectivity index (χ1v) is 3.67. The van der Waals surface area contributed by atoms with Gasteiger partial charge >= 0.3 is 6.18 Å². The first kappa shape index (κ1) is 11.0. The van der Waals surface area contributed by atoms with E-state index in [1.807, 2.05) is 0 Å². The average Bonchev–Trinajstić information content (AvgIpc) is 2.02. The molecule has 0 aromatic heterocycles. The van der Waals surface area contributed by atoms with Gasteiger partial charge < -0.3 is 4.74 Å². The van der Waals surface area contributed by atoms with E-state index in [-0.39, 0.29) is 5.56 Å². The highest BCUT2D eigenvalue weighted by Crippen LogP contribution is 2.30. The lowest BCUT2D eigenvalue weighted by atomic mass is 10.1. The van der Waals surface area contributed by atoms with Crippen LogP contribution >= 0.6 is 0 Å². The minimum Gasteiger partial charge on any atom is -0.374 e. The second kappa shape index (κ2) is 3.96. The summed E-state index contributed by atoms with van der Waals surface area (Å²) in [6.45, 7) is 1.04. The monoisotopic (exact) mass is 207 g/mol. The maximum absolute atomic E-state index is 12.7. The fourth-order valence-corrected chi connectivity index (χ4v) is 0.980. The molecule has 0 saturated carbocycles. The lowest BCUT2D eigenvalue weighted by molar-refractivity contribution is -0.137. The zero-order valence-corrected chi connectivity index (χ0v) is 7.23. The van der Waals surface area contributed by atoms with E-state index >= 15 is 0 Å². The van der Waals surface area contributed by atoms with Crippen molar-refractivity contribution in [2.45, 2.75) is 6.18 Å². The molecule has 0 aliphatic heterocycles. The van der Waals surface area contributed by atoms with Gasteiger partial charge in [0.2, 0.25) is 0 Å². The summed E-state index contributed by atoms with van der Waals surface area (Å²) < 4.78 is 53.7. The first-order valence-electron chi connectivity index (χ1n) is 3.67. The molecule has 77 valence electrons. The Morgan fingerprint density at radius 3 is 2.36 bits per heavy atom. The smallest absolute Gasteiger partial charge is 0.374 e. The SMILES string of the molecule is CO[CH]c1cc(F)cc(C(F)(F)F)c1. The number of benzene rings is 1. The number of hydrogen-bond donors (Lipinski definition) is 0. The molecule has 1 aromatic rings. The van der Waals surface area contributed by atoms with Crippen LogP contribution in [0.4, 0.5) is 17.6 Å². The molecular formula is C9H7F4O. The van der Waals surface area contributed by atoms with Crippen molar-refractivity contribution in [3.63, 3.8) is 0 Å². The third-order valence-corrected chi connectivity index (χ3v) is 1.50. The number of methoxy groups -OCH3 is 1. The zero-order chi connectivity index (χ0) is 10.8. The maximum atomic E-state index is 12.7. The predicted molar refractivity (Wildman–Crippen MR) is 41.8 cm³/mol. The van der Waals surface area contributed by atoms with E-state index in [1.54, 1.807) is 0 Å². The third-order valence-electron chi connectivity index (χ3n) is 1.50. The lowest BCUT2D eigenvalue weighted by Crippen LogP contribution is -2.06. The molecule has 0 atom stereocenters. The Morgan fingerprint density at radius 2 is 1.86 bits per heavy atom. The van der Waals surface area contributed by atoms with E-state index in [0.717, 1.165) is 18.7 Å². The molecule has 0 fully saturated rings. The summed E-state index contributed by atoms with van der Waals surface area (Å²) in [5.74, 6) is -0.942. The lowest BCUT2D eigenvalue weighted by Gasteiger charge is -2.08. The molecular weight excluding hydrogens is 200 g/mol. The second-order valence-electron chi connectivity index (χ2n) is 2.62. The minimum atomic E-state index is -4.54. The topological polar surface area (TPSA) is 9.23 Å². The molecule has 0 bridgehead atoms. The number of ether oxygens (including phenoxy) is 1. The molecule has 0 spiro atoms. The minimum absolute atomic E-state index is 0.0415. The maximum Gasteiger partial charge on any atom is 0.416 e. The van der Waals surface area contributed by atoms with Gasteiger partial charge in [-0.2, -0.15) is 13.2 Å². The van der Waals surface area contributed by atoms with Crippen LogP contribution in [0.5, 0.6) is 0 Å². The van der Waals surface area contributed by atoms with Crippen LogP contribution < -0.4 is 0 Å². The van der Waals surface area contributed by atoms with Gasteiger partial charge in [0.1, 0.15) is 12.4 Å². The second-order valence-corrected chi connectivity index (χ2v) is 2.62. The Kier molecular flexibility index (Phi) is 3.10. The molecule has 1 nitrogen and oxygen atoms in total. The quantitative estimate of drug-likeness (QED) is 0.677. The van der Waals surface area contributed by atoms with Crippen LogP contribution in [0.25, 0.3) is 0 Å². The molecule has 0 unspecified atom stereocenters. The van der Waals surface area contributed by atoms with Gasteiger partial charge in [0.25, 0.3) is 0 Å². The Labute approximate surface area is 78.3 Å². The molecule has 0 aliphatic carbocycles. The Bertz CT molecular complexity index is 319. The van der Waals surface area contributed by atoms with Gasteiger partial charge in [-0.3, -0.25) is 0 Å². The van der Waals surface area contributed by atoms with Crippen molar-refractivity contribution in [1.29, 1.82) is 0 Å². The highest BCUT2D eigenvalue weighted by molar-refractivity contribution is 5.29. The van der Waals surface area contributed by atoms with Crippen molar-refractivity contribution >= 4 is 0 Å². The molecule has 0 saturated heterocycles. The van der Waals surface area contributed by atoms with Crippen molar-refractivity contribution in [3.8, 4) is 0 Å². The van der Waals surface area contributed by atoms with Crippen LogP contribution in [-0.4, -0.2) is 7.11 Å². The largest absolute Gasteiger partial charge is 0.416 e. The van der Waals surface area contributed by atoms with E-state index in [9.17, 15) is 17.6 Å². The standard InChI is InChI=1S/C9H7F4O/c1-14-5-6-2-7(9(11,12)13)4-8(10)3-6/h2-5H,1H3. The molecule has 0 amide bonds. The summed E-state index contributed by atoms with van der Waals surface area (Å²) in [6.07, 6.45) is -4.54. The van der Waals surface area contributed by atoms with Crippen LogP contribution in [0.3, 0.4) is 0 Å². The molecule has 0 aliphatic rings. The molecule has 14 heavy (non-hydrogen) atoms. The van der Waals surface area contributed by atoms with Gasteiger partial charge in [-0.25, -0.2) is 4.39 Å². The molecule has 5 heteroatoms. The number of rotatable bonds is 2. The Hall–Kier alpha value is -1.10. The first-order chi connectivity index (χ1) is 6.43. The predicted octanol–water partition coefficient (Wildman–Crippen LogP) is 3.00. The fourth-order valence-electron chi connectivity index (χ4n) is 0.980. The van der Waals surface area contributed by atoms with Gasteiger partial charge in [0, 0.05) is 7.11 Å².